The summed E-state index contributed by atoms with van der Waals surface area (Å²) in [6.07, 6.45) is 0. The number of aliphatic carboxylic acids is 3. The maximum atomic E-state index is 10.1. The Hall–Kier alpha value is -0.750. The topological polar surface area (TPSA) is 210 Å². The van der Waals surface area contributed by atoms with E-state index < -0.39 is 37.5 Å². The van der Waals surface area contributed by atoms with Crippen LogP contribution >= 0.6 is 0 Å². The molecule has 100 valence electrons. The molecular weight excluding hydrogens is 253 g/mol. The third-order valence-electron chi connectivity index (χ3n) is 1.08. The molecule has 0 aliphatic carbocycles. The van der Waals surface area contributed by atoms with Crippen LogP contribution in [0, 0.1) is 0 Å². The first-order valence-corrected chi connectivity index (χ1v) is 3.29. The Morgan fingerprint density at radius 1 is 0.706 bits per heavy atom. The maximum absolute atomic E-state index is 10.1. The van der Waals surface area contributed by atoms with Gasteiger partial charge in [0.15, 0.2) is 0 Å². The van der Waals surface area contributed by atoms with E-state index in [0.29, 0.717) is 0 Å². The molecule has 0 aromatic heterocycles. The Morgan fingerprint density at radius 2 is 0.882 bits per heavy atom. The second-order valence-corrected chi connectivity index (χ2v) is 2.33. The predicted octanol–water partition coefficient (Wildman–Crippen LogP) is -4.58. The van der Waals surface area contributed by atoms with E-state index in [1.54, 1.807) is 0 Å². The van der Waals surface area contributed by atoms with Gasteiger partial charge in [-0.3, -0.25) is 19.3 Å². The van der Waals surface area contributed by atoms with Gasteiger partial charge in [-0.2, -0.15) is 0 Å². The Bertz CT molecular complexity index is 195. The molecule has 11 heteroatoms. The van der Waals surface area contributed by atoms with E-state index in [2.05, 4.69) is 0 Å². The molecule has 0 heterocycles. The van der Waals surface area contributed by atoms with Gasteiger partial charge < -0.3 is 31.7 Å². The summed E-state index contributed by atoms with van der Waals surface area (Å²) in [5, 5.41) is 24.8. The first-order valence-electron chi connectivity index (χ1n) is 3.29. The molecule has 0 atom stereocenters. The van der Waals surface area contributed by atoms with Crippen LogP contribution in [-0.2, 0) is 14.4 Å². The van der Waals surface area contributed by atoms with Crippen molar-refractivity contribution < 1.29 is 46.1 Å². The molecule has 0 unspecified atom stereocenters. The van der Waals surface area contributed by atoms with Crippen molar-refractivity contribution in [3.05, 3.63) is 0 Å². The van der Waals surface area contributed by atoms with Crippen LogP contribution in [0.2, 0.25) is 0 Å². The number of hydrogen-bond donors (Lipinski definition) is 3. The first kappa shape index (κ1) is 29.9. The second kappa shape index (κ2) is 15.2. The van der Waals surface area contributed by atoms with E-state index in [-0.39, 0.29) is 46.0 Å². The van der Waals surface area contributed by atoms with Gasteiger partial charge in [0.25, 0.3) is 0 Å². The SMILES string of the molecule is O.O.O.O=C(O)CN(CC(=O)O)CC(=O)O.[NaH]. The fourth-order valence-electron chi connectivity index (χ4n) is 0.742. The summed E-state index contributed by atoms with van der Waals surface area (Å²) >= 11 is 0. The van der Waals surface area contributed by atoms with Crippen LogP contribution in [-0.4, -0.2) is 104 Å². The fourth-order valence-corrected chi connectivity index (χ4v) is 0.742. The number of carbonyl (C=O) groups is 3. The van der Waals surface area contributed by atoms with E-state index >= 15 is 0 Å². The van der Waals surface area contributed by atoms with Crippen molar-refractivity contribution in [3.8, 4) is 0 Å². The van der Waals surface area contributed by atoms with Crippen LogP contribution in [0.3, 0.4) is 0 Å². The fraction of sp³-hybridized carbons (Fsp3) is 0.500. The van der Waals surface area contributed by atoms with Crippen molar-refractivity contribution in [1.82, 2.24) is 4.90 Å². The molecule has 0 aromatic carbocycles. The van der Waals surface area contributed by atoms with Crippen LogP contribution in [0.5, 0.6) is 0 Å². The van der Waals surface area contributed by atoms with Gasteiger partial charge in [0.1, 0.15) is 0 Å². The van der Waals surface area contributed by atoms with Crippen molar-refractivity contribution in [3.63, 3.8) is 0 Å². The average Bonchev–Trinajstić information content (AvgIpc) is 1.80. The van der Waals surface area contributed by atoms with Gasteiger partial charge >= 0.3 is 47.5 Å². The number of carboxylic acids is 3. The quantitative estimate of drug-likeness (QED) is 0.401. The normalized spacial score (nSPS) is 7.59. The Morgan fingerprint density at radius 3 is 1.00 bits per heavy atom. The predicted molar refractivity (Wildman–Crippen MR) is 57.3 cm³/mol. The van der Waals surface area contributed by atoms with E-state index in [1.165, 1.54) is 0 Å². The van der Waals surface area contributed by atoms with Crippen LogP contribution in [0.25, 0.3) is 0 Å². The van der Waals surface area contributed by atoms with Crippen molar-refractivity contribution >= 4 is 47.5 Å². The van der Waals surface area contributed by atoms with Crippen LogP contribution in [0.4, 0.5) is 0 Å². The number of carboxylic acid groups (broad SMARTS) is 3. The molecule has 0 fully saturated rings. The molecule has 0 amide bonds. The third-order valence-corrected chi connectivity index (χ3v) is 1.08. The summed E-state index contributed by atoms with van der Waals surface area (Å²) in [5.41, 5.74) is 0. The van der Waals surface area contributed by atoms with E-state index in [0.717, 1.165) is 4.90 Å². The summed E-state index contributed by atoms with van der Waals surface area (Å²) in [6, 6.07) is 0. The van der Waals surface area contributed by atoms with Crippen molar-refractivity contribution in [1.29, 1.82) is 0 Å². The van der Waals surface area contributed by atoms with Gasteiger partial charge in [-0.25, -0.2) is 0 Å². The first-order chi connectivity index (χ1) is 5.91. The molecule has 9 N–H and O–H groups in total. The molecule has 0 spiro atoms. The Balaban J connectivity index is -0.000000120. The van der Waals surface area contributed by atoms with Gasteiger partial charge in [0, 0.05) is 0 Å². The van der Waals surface area contributed by atoms with E-state index in [4.69, 9.17) is 15.3 Å². The Labute approximate surface area is 118 Å². The van der Waals surface area contributed by atoms with E-state index in [9.17, 15) is 14.4 Å². The second-order valence-electron chi connectivity index (χ2n) is 2.33. The molecule has 0 saturated heterocycles. The van der Waals surface area contributed by atoms with E-state index in [1.807, 2.05) is 0 Å². The average molecular weight is 269 g/mol. The minimum atomic E-state index is -1.26. The van der Waals surface area contributed by atoms with Crippen molar-refractivity contribution in [2.75, 3.05) is 19.6 Å². The molecular formula is C6H16NNaO9. The molecule has 0 bridgehead atoms. The number of nitrogens with zero attached hydrogens (tertiary/aromatic N) is 1. The van der Waals surface area contributed by atoms with Crippen LogP contribution < -0.4 is 0 Å². The zero-order valence-electron chi connectivity index (χ0n) is 8.13. The van der Waals surface area contributed by atoms with Crippen LogP contribution in [0.15, 0.2) is 0 Å². The molecule has 0 saturated carbocycles. The van der Waals surface area contributed by atoms with Crippen molar-refractivity contribution in [2.45, 2.75) is 0 Å². The standard InChI is InChI=1S/C6H9NO6.Na.3H2O.H/c8-4(9)1-7(2-5(10)11)3-6(12)13;;;;;/h1-3H2,(H,8,9)(H,10,11)(H,12,13);;3*1H2;. The molecule has 17 heavy (non-hydrogen) atoms. The van der Waals surface area contributed by atoms with Crippen LogP contribution in [0.1, 0.15) is 0 Å². The molecule has 0 aliphatic rings. The zero-order chi connectivity index (χ0) is 10.4. The zero-order valence-corrected chi connectivity index (χ0v) is 8.13. The number of rotatable bonds is 6. The van der Waals surface area contributed by atoms with Crippen molar-refractivity contribution in [2.24, 2.45) is 0 Å². The molecule has 0 rings (SSSR count). The molecule has 0 aromatic rings. The van der Waals surface area contributed by atoms with Gasteiger partial charge in [-0.05, 0) is 0 Å². The summed E-state index contributed by atoms with van der Waals surface area (Å²) in [5.74, 6) is -3.78. The summed E-state index contributed by atoms with van der Waals surface area (Å²) in [6.45, 7) is -1.80. The molecule has 0 aliphatic heterocycles. The molecule has 0 radical (unpaired) electrons. The minimum absolute atomic E-state index is 0. The van der Waals surface area contributed by atoms with Gasteiger partial charge in [-0.1, -0.05) is 0 Å². The summed E-state index contributed by atoms with van der Waals surface area (Å²) in [4.78, 5) is 31.2. The monoisotopic (exact) mass is 269 g/mol. The Kier molecular flexibility index (Phi) is 26.8. The summed E-state index contributed by atoms with van der Waals surface area (Å²) in [7, 11) is 0. The van der Waals surface area contributed by atoms with Gasteiger partial charge in [-0.15, -0.1) is 0 Å². The van der Waals surface area contributed by atoms with Gasteiger partial charge in [0.05, 0.1) is 19.6 Å². The molecule has 10 nitrogen and oxygen atoms in total. The summed E-state index contributed by atoms with van der Waals surface area (Å²) < 4.78 is 0. The van der Waals surface area contributed by atoms with Gasteiger partial charge in [0.2, 0.25) is 0 Å². The number of hydrogen-bond acceptors (Lipinski definition) is 4. The third kappa shape index (κ3) is 21.2.